The lowest BCUT2D eigenvalue weighted by Crippen LogP contribution is -2.22. The van der Waals surface area contributed by atoms with Gasteiger partial charge < -0.3 is 9.51 Å². The second kappa shape index (κ2) is 4.37. The van der Waals surface area contributed by atoms with Crippen LogP contribution in [0.25, 0.3) is 22.8 Å². The highest BCUT2D eigenvalue weighted by Crippen LogP contribution is 2.18. The van der Waals surface area contributed by atoms with Crippen LogP contribution < -0.4 is 11.2 Å². The van der Waals surface area contributed by atoms with Gasteiger partial charge in [-0.05, 0) is 0 Å². The summed E-state index contributed by atoms with van der Waals surface area (Å²) in [7, 11) is 0. The zero-order valence-corrected chi connectivity index (χ0v) is 9.58. The molecule has 0 unspecified atom stereocenters. The van der Waals surface area contributed by atoms with Crippen LogP contribution in [-0.4, -0.2) is 20.1 Å². The maximum Gasteiger partial charge on any atom is 0.325 e. The van der Waals surface area contributed by atoms with Gasteiger partial charge >= 0.3 is 5.69 Å². The lowest BCUT2D eigenvalue weighted by atomic mass is 10.2. The molecule has 2 heterocycles. The Kier molecular flexibility index (Phi) is 2.57. The summed E-state index contributed by atoms with van der Waals surface area (Å²) in [6, 6.07) is 9.21. The molecular formula is C12H8N4O3. The fraction of sp³-hybridized carbons (Fsp3) is 0. The van der Waals surface area contributed by atoms with Crippen molar-refractivity contribution in [3.05, 3.63) is 57.4 Å². The van der Waals surface area contributed by atoms with E-state index in [1.807, 2.05) is 30.3 Å². The number of hydrogen-bond acceptors (Lipinski definition) is 5. The number of benzene rings is 1. The largest absolute Gasteiger partial charge is 0.333 e. The average molecular weight is 256 g/mol. The van der Waals surface area contributed by atoms with E-state index in [9.17, 15) is 9.59 Å². The fourth-order valence-electron chi connectivity index (χ4n) is 1.61. The molecule has 0 fully saturated rings. The molecule has 0 radical (unpaired) electrons. The molecule has 94 valence electrons. The third kappa shape index (κ3) is 2.08. The Labute approximate surface area is 105 Å². The first-order chi connectivity index (χ1) is 9.24. The van der Waals surface area contributed by atoms with E-state index in [4.69, 9.17) is 4.52 Å². The highest BCUT2D eigenvalue weighted by Gasteiger charge is 2.13. The Bertz CT molecular complexity index is 816. The summed E-state index contributed by atoms with van der Waals surface area (Å²) in [6.45, 7) is 0. The van der Waals surface area contributed by atoms with Gasteiger partial charge in [0.2, 0.25) is 5.82 Å². The molecule has 0 saturated heterocycles. The summed E-state index contributed by atoms with van der Waals surface area (Å²) in [6.07, 6.45) is 1.24. The third-order valence-electron chi connectivity index (χ3n) is 2.51. The molecule has 0 aliphatic rings. The van der Waals surface area contributed by atoms with E-state index in [1.165, 1.54) is 6.20 Å². The molecule has 2 N–H and O–H groups in total. The smallest absolute Gasteiger partial charge is 0.325 e. The van der Waals surface area contributed by atoms with Crippen molar-refractivity contribution in [1.29, 1.82) is 0 Å². The lowest BCUT2D eigenvalue weighted by molar-refractivity contribution is 0.431. The molecule has 0 spiro atoms. The molecule has 7 nitrogen and oxygen atoms in total. The first-order valence-corrected chi connectivity index (χ1v) is 5.45. The van der Waals surface area contributed by atoms with Crippen LogP contribution in [0.5, 0.6) is 0 Å². The van der Waals surface area contributed by atoms with Crippen molar-refractivity contribution in [1.82, 2.24) is 20.1 Å². The average Bonchev–Trinajstić information content (AvgIpc) is 2.89. The predicted octanol–water partition coefficient (Wildman–Crippen LogP) is 0.780. The minimum Gasteiger partial charge on any atom is -0.333 e. The van der Waals surface area contributed by atoms with Crippen molar-refractivity contribution in [2.45, 2.75) is 0 Å². The normalized spacial score (nSPS) is 10.5. The molecule has 0 aliphatic carbocycles. The summed E-state index contributed by atoms with van der Waals surface area (Å²) in [5.41, 5.74) is -0.267. The first-order valence-electron chi connectivity index (χ1n) is 5.45. The number of aromatic nitrogens is 4. The molecule has 0 atom stereocenters. The lowest BCUT2D eigenvalue weighted by Gasteiger charge is -1.91. The molecule has 1 aromatic carbocycles. The van der Waals surface area contributed by atoms with Gasteiger partial charge in [0.1, 0.15) is 5.56 Å². The van der Waals surface area contributed by atoms with E-state index in [0.717, 1.165) is 5.56 Å². The second-order valence-electron chi connectivity index (χ2n) is 3.77. The van der Waals surface area contributed by atoms with Gasteiger partial charge in [0.05, 0.1) is 0 Å². The monoisotopic (exact) mass is 256 g/mol. The Morgan fingerprint density at radius 2 is 1.89 bits per heavy atom. The van der Waals surface area contributed by atoms with Crippen LogP contribution >= 0.6 is 0 Å². The van der Waals surface area contributed by atoms with Crippen molar-refractivity contribution >= 4 is 0 Å². The van der Waals surface area contributed by atoms with Gasteiger partial charge in [-0.15, -0.1) is 0 Å². The molecule has 2 aromatic heterocycles. The van der Waals surface area contributed by atoms with Crippen molar-refractivity contribution < 1.29 is 4.52 Å². The van der Waals surface area contributed by atoms with Gasteiger partial charge in [-0.1, -0.05) is 35.5 Å². The fourth-order valence-corrected chi connectivity index (χ4v) is 1.61. The van der Waals surface area contributed by atoms with Gasteiger partial charge in [0, 0.05) is 11.8 Å². The zero-order chi connectivity index (χ0) is 13.2. The Morgan fingerprint density at radius 3 is 2.63 bits per heavy atom. The topological polar surface area (TPSA) is 105 Å². The summed E-state index contributed by atoms with van der Waals surface area (Å²) in [5, 5.41) is 3.80. The van der Waals surface area contributed by atoms with Crippen LogP contribution in [0, 0.1) is 0 Å². The number of rotatable bonds is 2. The number of aromatic amines is 2. The van der Waals surface area contributed by atoms with E-state index in [-0.39, 0.29) is 11.5 Å². The van der Waals surface area contributed by atoms with E-state index in [0.29, 0.717) is 5.82 Å². The van der Waals surface area contributed by atoms with E-state index >= 15 is 0 Å². The van der Waals surface area contributed by atoms with Gasteiger partial charge in [-0.2, -0.15) is 4.98 Å². The second-order valence-corrected chi connectivity index (χ2v) is 3.77. The van der Waals surface area contributed by atoms with Crippen LogP contribution in [-0.2, 0) is 0 Å². The molecule has 0 amide bonds. The zero-order valence-electron chi connectivity index (χ0n) is 9.58. The van der Waals surface area contributed by atoms with Crippen molar-refractivity contribution in [2.24, 2.45) is 0 Å². The van der Waals surface area contributed by atoms with Crippen molar-refractivity contribution in [3.8, 4) is 22.8 Å². The highest BCUT2D eigenvalue weighted by atomic mass is 16.5. The SMILES string of the molecule is O=c1[nH]cc(-c2nc(-c3ccccc3)no2)c(=O)[nH]1. The number of H-pyrrole nitrogens is 2. The molecule has 0 bridgehead atoms. The maximum absolute atomic E-state index is 11.6. The van der Waals surface area contributed by atoms with Crippen molar-refractivity contribution in [3.63, 3.8) is 0 Å². The Balaban J connectivity index is 2.07. The first kappa shape index (κ1) is 11.1. The van der Waals surface area contributed by atoms with Crippen LogP contribution in [0.15, 0.2) is 50.6 Å². The molecule has 3 rings (SSSR count). The van der Waals surface area contributed by atoms with Crippen LogP contribution in [0.2, 0.25) is 0 Å². The molecule has 0 saturated carbocycles. The van der Waals surface area contributed by atoms with Gasteiger partial charge in [-0.3, -0.25) is 9.78 Å². The number of nitrogens with zero attached hydrogens (tertiary/aromatic N) is 2. The van der Waals surface area contributed by atoms with Crippen LogP contribution in [0.4, 0.5) is 0 Å². The van der Waals surface area contributed by atoms with Gasteiger partial charge in [0.25, 0.3) is 11.4 Å². The Morgan fingerprint density at radius 1 is 1.11 bits per heavy atom. The molecular weight excluding hydrogens is 248 g/mol. The molecule has 3 aromatic rings. The van der Waals surface area contributed by atoms with Gasteiger partial charge in [-0.25, -0.2) is 4.79 Å². The highest BCUT2D eigenvalue weighted by molar-refractivity contribution is 5.58. The van der Waals surface area contributed by atoms with E-state index in [2.05, 4.69) is 20.1 Å². The van der Waals surface area contributed by atoms with Crippen LogP contribution in [0.1, 0.15) is 0 Å². The van der Waals surface area contributed by atoms with E-state index < -0.39 is 11.2 Å². The summed E-state index contributed by atoms with van der Waals surface area (Å²) in [4.78, 5) is 31.1. The standard InChI is InChI=1S/C12H8N4O3/c17-10-8(6-13-12(18)15-10)11-14-9(16-19-11)7-4-2-1-3-5-7/h1-6H,(H2,13,15,17,18). The summed E-state index contributed by atoms with van der Waals surface area (Å²) >= 11 is 0. The maximum atomic E-state index is 11.6. The minimum absolute atomic E-state index is 0.0522. The summed E-state index contributed by atoms with van der Waals surface area (Å²) < 4.78 is 5.02. The molecule has 0 aliphatic heterocycles. The quantitative estimate of drug-likeness (QED) is 0.705. The molecule has 19 heavy (non-hydrogen) atoms. The molecule has 7 heteroatoms. The minimum atomic E-state index is -0.587. The number of hydrogen-bond donors (Lipinski definition) is 2. The van der Waals surface area contributed by atoms with Gasteiger partial charge in [0.15, 0.2) is 0 Å². The third-order valence-corrected chi connectivity index (χ3v) is 2.51. The number of nitrogens with one attached hydrogen (secondary N) is 2. The van der Waals surface area contributed by atoms with Crippen molar-refractivity contribution in [2.75, 3.05) is 0 Å². The Hall–Kier alpha value is -2.96. The predicted molar refractivity (Wildman–Crippen MR) is 66.4 cm³/mol. The van der Waals surface area contributed by atoms with Crippen LogP contribution in [0.3, 0.4) is 0 Å². The van der Waals surface area contributed by atoms with E-state index in [1.54, 1.807) is 0 Å². The summed E-state index contributed by atoms with van der Waals surface area (Å²) in [5.74, 6) is 0.428.